The molecule has 2 amide bonds. The van der Waals surface area contributed by atoms with Crippen molar-refractivity contribution in [3.05, 3.63) is 0 Å². The number of hydrogen-bond acceptors (Lipinski definition) is 9. The fourth-order valence-electron chi connectivity index (χ4n) is 1.79. The van der Waals surface area contributed by atoms with Crippen LogP contribution in [0.4, 0.5) is 4.79 Å². The van der Waals surface area contributed by atoms with Crippen molar-refractivity contribution in [2.24, 2.45) is 10.6 Å². The smallest absolute Gasteiger partial charge is 0.479 e. The van der Waals surface area contributed by atoms with Gasteiger partial charge >= 0.3 is 12.7 Å². The average Bonchev–Trinajstić information content (AvgIpc) is 2.64. The Morgan fingerprint density at radius 2 is 1.86 bits per heavy atom. The Morgan fingerprint density at radius 3 is 2.29 bits per heavy atom. The summed E-state index contributed by atoms with van der Waals surface area (Å²) in [6.07, 6.45) is 0.619. The minimum atomic E-state index is -3.01. The molecule has 162 valence electrons. The zero-order valence-corrected chi connectivity index (χ0v) is 20.4. The zero-order valence-electron chi connectivity index (χ0n) is 17.0. The molecule has 0 aromatic rings. The molecule has 28 heavy (non-hydrogen) atoms. The van der Waals surface area contributed by atoms with Gasteiger partial charge in [0.15, 0.2) is 11.5 Å². The van der Waals surface area contributed by atoms with Crippen LogP contribution >= 0.6 is 18.4 Å². The molecule has 0 aliphatic carbocycles. The number of nitrogens with zero attached hydrogens (tertiary/aromatic N) is 4. The largest absolute Gasteiger partial charge is 0.573 e. The maximum Gasteiger partial charge on any atom is 0.479 e. The molecule has 1 aliphatic rings. The quantitative estimate of drug-likeness (QED) is 0.148. The van der Waals surface area contributed by atoms with E-state index in [2.05, 4.69) is 5.16 Å². The molecule has 1 unspecified atom stereocenters. The van der Waals surface area contributed by atoms with Crippen LogP contribution in [0.25, 0.3) is 0 Å². The van der Waals surface area contributed by atoms with E-state index < -0.39 is 30.2 Å². The first-order chi connectivity index (χ1) is 12.9. The second kappa shape index (κ2) is 10.6. The van der Waals surface area contributed by atoms with Gasteiger partial charge < -0.3 is 18.5 Å². The Bertz CT molecular complexity index is 649. The van der Waals surface area contributed by atoms with Crippen LogP contribution in [0, 0.1) is 5.41 Å². The van der Waals surface area contributed by atoms with Crippen molar-refractivity contribution in [3.63, 3.8) is 0 Å². The molecule has 1 fully saturated rings. The molecule has 0 aromatic heterocycles. The second-order valence-corrected chi connectivity index (χ2v) is 12.6. The molecular weight excluding hydrogens is 447 g/mol. The van der Waals surface area contributed by atoms with E-state index in [4.69, 9.17) is 25.7 Å². The predicted molar refractivity (Wildman–Crippen MR) is 114 cm³/mol. The van der Waals surface area contributed by atoms with Crippen molar-refractivity contribution in [2.75, 3.05) is 47.2 Å². The fourth-order valence-corrected chi connectivity index (χ4v) is 7.10. The lowest BCUT2D eigenvalue weighted by Gasteiger charge is -2.40. The molecule has 10 nitrogen and oxygen atoms in total. The highest BCUT2D eigenvalue weighted by atomic mass is 32.5. The molecule has 0 saturated carbocycles. The molecule has 1 atom stereocenters. The third kappa shape index (κ3) is 6.56. The lowest BCUT2D eigenvalue weighted by Crippen LogP contribution is -2.45. The Labute approximate surface area is 178 Å². The van der Waals surface area contributed by atoms with E-state index in [1.165, 1.54) is 16.0 Å². The second-order valence-electron chi connectivity index (χ2n) is 6.73. The molecule has 0 radical (unpaired) electrons. The van der Waals surface area contributed by atoms with Crippen LogP contribution in [0.15, 0.2) is 5.16 Å². The van der Waals surface area contributed by atoms with E-state index in [1.807, 2.05) is 13.8 Å². The van der Waals surface area contributed by atoms with Gasteiger partial charge in [0, 0.05) is 19.5 Å². The normalized spacial score (nSPS) is 19.8. The highest BCUT2D eigenvalue weighted by Gasteiger charge is 2.46. The summed E-state index contributed by atoms with van der Waals surface area (Å²) < 4.78 is 26.5. The molecule has 14 heteroatoms. The summed E-state index contributed by atoms with van der Waals surface area (Å²) in [7, 11) is 4.38. The van der Waals surface area contributed by atoms with Crippen molar-refractivity contribution in [1.29, 1.82) is 0 Å². The summed E-state index contributed by atoms with van der Waals surface area (Å²) in [5.74, 6) is -0.415. The van der Waals surface area contributed by atoms with Crippen LogP contribution in [0.5, 0.6) is 0 Å². The Morgan fingerprint density at radius 1 is 1.32 bits per heavy atom. The zero-order chi connectivity index (χ0) is 21.7. The number of hydrogen-bond donors (Lipinski definition) is 0. The Kier molecular flexibility index (Phi) is 9.68. The van der Waals surface area contributed by atoms with Crippen LogP contribution in [-0.2, 0) is 42.0 Å². The van der Waals surface area contributed by atoms with Crippen LogP contribution in [0.1, 0.15) is 20.8 Å². The first-order valence-electron chi connectivity index (χ1n) is 8.26. The number of carbonyl (C=O) groups is 2. The Balaban J connectivity index is 2.85. The summed E-state index contributed by atoms with van der Waals surface area (Å²) in [6.45, 7) is 3.63. The van der Waals surface area contributed by atoms with Gasteiger partial charge in [-0.15, -0.1) is 16.1 Å². The van der Waals surface area contributed by atoms with Gasteiger partial charge in [-0.25, -0.2) is 4.79 Å². The molecule has 0 aromatic carbocycles. The SMILES string of the molecule is CCN([S+]([O-])N(C)C(=O)O/N=C(\SC)C(=O)N(C)C)P1(=S)OCC(C)(C)CO1. The van der Waals surface area contributed by atoms with Gasteiger partial charge in [-0.3, -0.25) is 9.63 Å². The number of oxime groups is 1. The number of rotatable bonds is 5. The molecule has 0 N–H and O–H groups in total. The summed E-state index contributed by atoms with van der Waals surface area (Å²) in [5.41, 5.74) is -0.198. The van der Waals surface area contributed by atoms with Gasteiger partial charge in [0.25, 0.3) is 5.91 Å². The van der Waals surface area contributed by atoms with Gasteiger partial charge in [-0.1, -0.05) is 19.0 Å². The molecule has 1 saturated heterocycles. The van der Waals surface area contributed by atoms with Crippen molar-refractivity contribution >= 4 is 58.8 Å². The van der Waals surface area contributed by atoms with Crippen LogP contribution in [0.3, 0.4) is 0 Å². The number of amides is 2. The molecule has 1 rings (SSSR count). The first-order valence-corrected chi connectivity index (χ1v) is 13.1. The van der Waals surface area contributed by atoms with E-state index in [1.54, 1.807) is 27.3 Å². The van der Waals surface area contributed by atoms with E-state index in [9.17, 15) is 14.1 Å². The van der Waals surface area contributed by atoms with Crippen LogP contribution in [-0.4, -0.2) is 82.0 Å². The highest BCUT2D eigenvalue weighted by molar-refractivity contribution is 8.15. The summed E-state index contributed by atoms with van der Waals surface area (Å²) in [4.78, 5) is 30.2. The molecule has 0 spiro atoms. The van der Waals surface area contributed by atoms with Crippen molar-refractivity contribution in [2.45, 2.75) is 20.8 Å². The standard InChI is InChI=1S/C14H27N4O6PS3/c1-8-18(25(26)22-9-14(2,3)10-23-25)28(21)17(6)13(20)24-15-11(27-7)12(19)16(4)5/h8-10H2,1-7H3/b15-11-. The summed E-state index contributed by atoms with van der Waals surface area (Å²) >= 11 is 4.50. The Hall–Kier alpha value is -0.400. The minimum Gasteiger partial charge on any atom is -0.573 e. The number of carbonyl (C=O) groups excluding carboxylic acids is 2. The minimum absolute atomic E-state index is 0.0155. The van der Waals surface area contributed by atoms with Gasteiger partial charge in [-0.2, -0.15) is 0 Å². The highest BCUT2D eigenvalue weighted by Crippen LogP contribution is 2.58. The molecule has 0 bridgehead atoms. The van der Waals surface area contributed by atoms with Crippen LogP contribution < -0.4 is 0 Å². The molecule has 1 aliphatic heterocycles. The molecule has 1 heterocycles. The van der Waals surface area contributed by atoms with Gasteiger partial charge in [-0.05, 0) is 29.1 Å². The summed E-state index contributed by atoms with van der Waals surface area (Å²) in [5, 5.41) is 3.55. The number of thioether (sulfide) groups is 1. The van der Waals surface area contributed by atoms with Gasteiger partial charge in [0.2, 0.25) is 5.04 Å². The maximum atomic E-state index is 12.9. The fraction of sp³-hybridized carbons (Fsp3) is 0.786. The molecular formula is C14H27N4O6PS3. The lowest BCUT2D eigenvalue weighted by molar-refractivity contribution is -0.121. The van der Waals surface area contributed by atoms with Crippen molar-refractivity contribution in [1.82, 2.24) is 13.3 Å². The summed E-state index contributed by atoms with van der Waals surface area (Å²) in [6, 6.07) is 0. The van der Waals surface area contributed by atoms with E-state index >= 15 is 0 Å². The monoisotopic (exact) mass is 474 g/mol. The maximum absolute atomic E-state index is 12.9. The first kappa shape index (κ1) is 25.6. The van der Waals surface area contributed by atoms with E-state index in [0.29, 0.717) is 13.2 Å². The van der Waals surface area contributed by atoms with Gasteiger partial charge in [0.05, 0.1) is 26.8 Å². The third-order valence-corrected chi connectivity index (χ3v) is 9.65. The van der Waals surface area contributed by atoms with E-state index in [0.717, 1.165) is 16.1 Å². The van der Waals surface area contributed by atoms with E-state index in [-0.39, 0.29) is 17.0 Å². The third-order valence-electron chi connectivity index (χ3n) is 3.44. The van der Waals surface area contributed by atoms with Gasteiger partial charge in [0.1, 0.15) is 0 Å². The van der Waals surface area contributed by atoms with Crippen LogP contribution in [0.2, 0.25) is 0 Å². The lowest BCUT2D eigenvalue weighted by atomic mass is 9.97. The topological polar surface area (TPSA) is 107 Å². The van der Waals surface area contributed by atoms with Crippen molar-refractivity contribution < 1.29 is 28.0 Å². The van der Waals surface area contributed by atoms with Crippen molar-refractivity contribution in [3.8, 4) is 0 Å². The average molecular weight is 475 g/mol. The predicted octanol–water partition coefficient (Wildman–Crippen LogP) is 2.02.